The molecule has 1 aromatic carbocycles. The Morgan fingerprint density at radius 1 is 1.35 bits per heavy atom. The number of benzene rings is 1. The van der Waals surface area contributed by atoms with Gasteiger partial charge in [0.2, 0.25) is 5.78 Å². The van der Waals surface area contributed by atoms with E-state index in [0.29, 0.717) is 21.2 Å². The summed E-state index contributed by atoms with van der Waals surface area (Å²) in [6, 6.07) is 6.69. The lowest BCUT2D eigenvalue weighted by Crippen LogP contribution is -1.99. The zero-order chi connectivity index (χ0) is 12.4. The highest BCUT2D eigenvalue weighted by atomic mass is 35.5. The van der Waals surface area contributed by atoms with Crippen LogP contribution in [0.25, 0.3) is 0 Å². The first kappa shape index (κ1) is 12.4. The van der Waals surface area contributed by atoms with E-state index in [1.54, 1.807) is 36.8 Å². The van der Waals surface area contributed by atoms with Gasteiger partial charge in [0.05, 0.1) is 22.0 Å². The largest absolute Gasteiger partial charge is 0.496 e. The molecule has 0 N–H and O–H groups in total. The number of hydrogen-bond acceptors (Lipinski definition) is 3. The van der Waals surface area contributed by atoms with Crippen LogP contribution in [0.15, 0.2) is 29.6 Å². The van der Waals surface area contributed by atoms with Crippen molar-refractivity contribution in [3.05, 3.63) is 50.1 Å². The summed E-state index contributed by atoms with van der Waals surface area (Å²) in [6.07, 6.45) is 0. The molecule has 88 valence electrons. The summed E-state index contributed by atoms with van der Waals surface area (Å²) in [7, 11) is 1.56. The first-order chi connectivity index (χ1) is 8.13. The third-order valence-corrected chi connectivity index (χ3v) is 3.96. The van der Waals surface area contributed by atoms with Crippen molar-refractivity contribution in [2.75, 3.05) is 7.11 Å². The van der Waals surface area contributed by atoms with E-state index in [4.69, 9.17) is 27.9 Å². The standard InChI is InChI=1S/C12H8Cl2O2S/c1-16-7-5-10(17-6-7)12(15)8-3-2-4-9(13)11(8)14/h2-6H,1H3. The van der Waals surface area contributed by atoms with Gasteiger partial charge < -0.3 is 4.74 Å². The Balaban J connectivity index is 2.40. The normalized spacial score (nSPS) is 10.3. The van der Waals surface area contributed by atoms with E-state index < -0.39 is 0 Å². The van der Waals surface area contributed by atoms with Crippen LogP contribution in [0.5, 0.6) is 5.75 Å². The Kier molecular flexibility index (Phi) is 3.72. The molecule has 1 heterocycles. The number of ether oxygens (including phenoxy) is 1. The number of ketones is 1. The minimum atomic E-state index is -0.147. The van der Waals surface area contributed by atoms with Crippen molar-refractivity contribution >= 4 is 40.3 Å². The molecule has 5 heteroatoms. The monoisotopic (exact) mass is 286 g/mol. The van der Waals surface area contributed by atoms with Crippen molar-refractivity contribution in [3.8, 4) is 5.75 Å². The van der Waals surface area contributed by atoms with Crippen molar-refractivity contribution in [1.29, 1.82) is 0 Å². The van der Waals surface area contributed by atoms with Gasteiger partial charge in [-0.05, 0) is 12.1 Å². The number of rotatable bonds is 3. The van der Waals surface area contributed by atoms with E-state index in [1.165, 1.54) is 11.3 Å². The highest BCUT2D eigenvalue weighted by molar-refractivity contribution is 7.12. The molecule has 0 aliphatic rings. The van der Waals surface area contributed by atoms with Crippen LogP contribution in [0.2, 0.25) is 10.0 Å². The molecule has 2 rings (SSSR count). The topological polar surface area (TPSA) is 26.3 Å². The Bertz CT molecular complexity index is 563. The van der Waals surface area contributed by atoms with Crippen molar-refractivity contribution in [1.82, 2.24) is 0 Å². The van der Waals surface area contributed by atoms with Gasteiger partial charge in [-0.1, -0.05) is 29.3 Å². The number of hydrogen-bond donors (Lipinski definition) is 0. The number of thiophene rings is 1. The van der Waals surface area contributed by atoms with Gasteiger partial charge in [0.1, 0.15) is 5.75 Å². The quantitative estimate of drug-likeness (QED) is 0.787. The van der Waals surface area contributed by atoms with Crippen LogP contribution in [-0.4, -0.2) is 12.9 Å². The van der Waals surface area contributed by atoms with Gasteiger partial charge in [-0.25, -0.2) is 0 Å². The van der Waals surface area contributed by atoms with Gasteiger partial charge in [0.15, 0.2) is 0 Å². The molecule has 0 aliphatic carbocycles. The molecule has 0 unspecified atom stereocenters. The number of halogens is 2. The Hall–Kier alpha value is -1.03. The van der Waals surface area contributed by atoms with Crippen LogP contribution >= 0.6 is 34.5 Å². The number of methoxy groups -OCH3 is 1. The first-order valence-electron chi connectivity index (χ1n) is 4.74. The molecule has 0 fully saturated rings. The molecular formula is C12H8Cl2O2S. The molecule has 17 heavy (non-hydrogen) atoms. The van der Waals surface area contributed by atoms with Crippen LogP contribution in [-0.2, 0) is 0 Å². The first-order valence-corrected chi connectivity index (χ1v) is 6.38. The lowest BCUT2D eigenvalue weighted by molar-refractivity contribution is 0.104. The predicted octanol–water partition coefficient (Wildman–Crippen LogP) is 4.29. The Labute approximate surface area is 113 Å². The van der Waals surface area contributed by atoms with Gasteiger partial charge in [-0.2, -0.15) is 0 Å². The predicted molar refractivity (Wildman–Crippen MR) is 70.8 cm³/mol. The van der Waals surface area contributed by atoms with Crippen LogP contribution in [0.4, 0.5) is 0 Å². The summed E-state index contributed by atoms with van der Waals surface area (Å²) in [5.74, 6) is 0.516. The number of carbonyl (C=O) groups is 1. The molecule has 0 atom stereocenters. The van der Waals surface area contributed by atoms with E-state index in [1.807, 2.05) is 0 Å². The molecule has 0 radical (unpaired) electrons. The zero-order valence-corrected chi connectivity index (χ0v) is 11.2. The molecule has 2 aromatic rings. The smallest absolute Gasteiger partial charge is 0.204 e. The molecule has 0 saturated heterocycles. The van der Waals surface area contributed by atoms with E-state index in [2.05, 4.69) is 0 Å². The second kappa shape index (κ2) is 5.08. The van der Waals surface area contributed by atoms with Gasteiger partial charge in [0, 0.05) is 17.0 Å². The summed E-state index contributed by atoms with van der Waals surface area (Å²) in [4.78, 5) is 12.7. The fourth-order valence-electron chi connectivity index (χ4n) is 1.36. The Morgan fingerprint density at radius 2 is 2.12 bits per heavy atom. The maximum Gasteiger partial charge on any atom is 0.204 e. The Morgan fingerprint density at radius 3 is 2.76 bits per heavy atom. The van der Waals surface area contributed by atoms with Gasteiger partial charge >= 0.3 is 0 Å². The minimum absolute atomic E-state index is 0.147. The van der Waals surface area contributed by atoms with E-state index in [9.17, 15) is 4.79 Å². The van der Waals surface area contributed by atoms with Gasteiger partial charge in [-0.3, -0.25) is 4.79 Å². The summed E-state index contributed by atoms with van der Waals surface area (Å²) in [5.41, 5.74) is 0.406. The maximum absolute atomic E-state index is 12.2. The zero-order valence-electron chi connectivity index (χ0n) is 8.87. The fourth-order valence-corrected chi connectivity index (χ4v) is 2.55. The van der Waals surface area contributed by atoms with Crippen LogP contribution < -0.4 is 4.74 Å². The summed E-state index contributed by atoms with van der Waals surface area (Å²) in [5, 5.41) is 2.43. The fraction of sp³-hybridized carbons (Fsp3) is 0.0833. The summed E-state index contributed by atoms with van der Waals surface area (Å²) >= 11 is 13.2. The third kappa shape index (κ3) is 2.46. The molecule has 0 bridgehead atoms. The van der Waals surface area contributed by atoms with Crippen LogP contribution in [0.1, 0.15) is 15.2 Å². The highest BCUT2D eigenvalue weighted by Crippen LogP contribution is 2.30. The maximum atomic E-state index is 12.2. The molecule has 2 nitrogen and oxygen atoms in total. The van der Waals surface area contributed by atoms with Crippen LogP contribution in [0.3, 0.4) is 0 Å². The van der Waals surface area contributed by atoms with Gasteiger partial charge in [0.25, 0.3) is 0 Å². The van der Waals surface area contributed by atoms with Crippen molar-refractivity contribution in [3.63, 3.8) is 0 Å². The third-order valence-electron chi connectivity index (χ3n) is 2.23. The molecule has 0 spiro atoms. The minimum Gasteiger partial charge on any atom is -0.496 e. The molecule has 0 saturated carbocycles. The van der Waals surface area contributed by atoms with Crippen molar-refractivity contribution in [2.45, 2.75) is 0 Å². The van der Waals surface area contributed by atoms with E-state index in [-0.39, 0.29) is 10.8 Å². The van der Waals surface area contributed by atoms with E-state index in [0.717, 1.165) is 0 Å². The van der Waals surface area contributed by atoms with Crippen molar-refractivity contribution in [2.24, 2.45) is 0 Å². The molecular weight excluding hydrogens is 279 g/mol. The van der Waals surface area contributed by atoms with E-state index >= 15 is 0 Å². The van der Waals surface area contributed by atoms with Crippen molar-refractivity contribution < 1.29 is 9.53 Å². The SMILES string of the molecule is COc1csc(C(=O)c2cccc(Cl)c2Cl)c1. The molecule has 0 amide bonds. The lowest BCUT2D eigenvalue weighted by atomic mass is 10.1. The molecule has 0 aliphatic heterocycles. The summed E-state index contributed by atoms with van der Waals surface area (Å²) in [6.45, 7) is 0. The second-order valence-electron chi connectivity index (χ2n) is 3.28. The molecule has 1 aromatic heterocycles. The van der Waals surface area contributed by atoms with Gasteiger partial charge in [-0.15, -0.1) is 11.3 Å². The van der Waals surface area contributed by atoms with Crippen LogP contribution in [0, 0.1) is 0 Å². The average Bonchev–Trinajstić information content (AvgIpc) is 2.80. The highest BCUT2D eigenvalue weighted by Gasteiger charge is 2.16. The summed E-state index contributed by atoms with van der Waals surface area (Å²) < 4.78 is 5.03. The lowest BCUT2D eigenvalue weighted by Gasteiger charge is -2.02. The second-order valence-corrected chi connectivity index (χ2v) is 4.98. The number of carbonyl (C=O) groups excluding carboxylic acids is 1. The average molecular weight is 287 g/mol.